The Labute approximate surface area is 169 Å². The van der Waals surface area contributed by atoms with Gasteiger partial charge in [-0.15, -0.1) is 0 Å². The third-order valence-electron chi connectivity index (χ3n) is 5.42. The maximum atomic E-state index is 6.09. The van der Waals surface area contributed by atoms with Crippen LogP contribution in [0.5, 0.6) is 5.75 Å². The van der Waals surface area contributed by atoms with E-state index in [1.54, 1.807) is 0 Å². The number of hydrogen-bond donors (Lipinski definition) is 0. The Morgan fingerprint density at radius 2 is 1.50 bits per heavy atom. The second-order valence-electron chi connectivity index (χ2n) is 7.70. The highest BCUT2D eigenvalue weighted by Gasteiger charge is 2.11. The molecule has 0 radical (unpaired) electrons. The quantitative estimate of drug-likeness (QED) is 0.315. The number of ether oxygens (including phenoxy) is 1. The van der Waals surface area contributed by atoms with E-state index in [0.29, 0.717) is 6.61 Å². The van der Waals surface area contributed by atoms with Gasteiger partial charge in [0, 0.05) is 6.54 Å². The molecule has 0 unspecified atom stereocenters. The van der Waals surface area contributed by atoms with Crippen LogP contribution in [0.15, 0.2) is 48.5 Å². The maximum Gasteiger partial charge on any atom is 0.147 e. The molecule has 3 rings (SSSR count). The number of rotatable bonds is 12. The van der Waals surface area contributed by atoms with E-state index in [4.69, 9.17) is 9.72 Å². The summed E-state index contributed by atoms with van der Waals surface area (Å²) in [5, 5.41) is 0. The molecule has 0 atom stereocenters. The van der Waals surface area contributed by atoms with Gasteiger partial charge in [0.1, 0.15) is 18.2 Å². The number of fused-ring (bicyclic) bond motifs is 1. The Kier molecular flexibility index (Phi) is 7.95. The Morgan fingerprint density at radius 3 is 2.29 bits per heavy atom. The van der Waals surface area contributed by atoms with Crippen molar-refractivity contribution in [1.82, 2.24) is 9.55 Å². The Morgan fingerprint density at radius 1 is 0.821 bits per heavy atom. The zero-order valence-electron chi connectivity index (χ0n) is 17.5. The summed E-state index contributed by atoms with van der Waals surface area (Å²) in [7, 11) is 0. The molecule has 2 aromatic carbocycles. The first-order valence-electron chi connectivity index (χ1n) is 10.9. The number of hydrogen-bond acceptors (Lipinski definition) is 2. The zero-order valence-corrected chi connectivity index (χ0v) is 17.5. The molecule has 1 heterocycles. The van der Waals surface area contributed by atoms with Crippen molar-refractivity contribution in [3.8, 4) is 5.75 Å². The predicted molar refractivity (Wildman–Crippen MR) is 118 cm³/mol. The van der Waals surface area contributed by atoms with Gasteiger partial charge in [-0.25, -0.2) is 4.98 Å². The number of nitrogens with zero attached hydrogens (tertiary/aromatic N) is 2. The van der Waals surface area contributed by atoms with Crippen LogP contribution in [-0.4, -0.2) is 9.55 Å². The van der Waals surface area contributed by atoms with Crippen molar-refractivity contribution in [2.24, 2.45) is 0 Å². The van der Waals surface area contributed by atoms with Crippen molar-refractivity contribution >= 4 is 11.0 Å². The lowest BCUT2D eigenvalue weighted by Crippen LogP contribution is -2.08. The first-order chi connectivity index (χ1) is 13.8. The van der Waals surface area contributed by atoms with Gasteiger partial charge in [0.25, 0.3) is 0 Å². The smallest absolute Gasteiger partial charge is 0.147 e. The van der Waals surface area contributed by atoms with E-state index in [0.717, 1.165) is 29.2 Å². The number of unbranched alkanes of at least 4 members (excludes halogenated alkanes) is 7. The normalized spacial score (nSPS) is 11.2. The van der Waals surface area contributed by atoms with Crippen molar-refractivity contribution in [2.45, 2.75) is 78.4 Å². The van der Waals surface area contributed by atoms with E-state index in [-0.39, 0.29) is 0 Å². The number of para-hydroxylation sites is 3. The van der Waals surface area contributed by atoms with Crippen molar-refractivity contribution in [3.63, 3.8) is 0 Å². The molecule has 0 amide bonds. The summed E-state index contributed by atoms with van der Waals surface area (Å²) in [4.78, 5) is 4.84. The Hall–Kier alpha value is -2.29. The average molecular weight is 379 g/mol. The molecule has 1 aromatic heterocycles. The van der Waals surface area contributed by atoms with Gasteiger partial charge in [-0.1, -0.05) is 82.2 Å². The average Bonchev–Trinajstić information content (AvgIpc) is 3.07. The largest absolute Gasteiger partial charge is 0.485 e. The van der Waals surface area contributed by atoms with Crippen LogP contribution < -0.4 is 4.74 Å². The summed E-state index contributed by atoms with van der Waals surface area (Å²) < 4.78 is 8.44. The highest BCUT2D eigenvalue weighted by atomic mass is 16.5. The monoisotopic (exact) mass is 378 g/mol. The lowest BCUT2D eigenvalue weighted by atomic mass is 10.1. The van der Waals surface area contributed by atoms with Crippen molar-refractivity contribution < 1.29 is 4.74 Å². The standard InChI is InChI=1S/C25H34N2O/c1-3-4-5-6-7-8-9-14-19-27-23-17-12-11-16-22(23)26-25(27)20-28-24-18-13-10-15-21(24)2/h10-13,15-18H,3-9,14,19-20H2,1-2H3. The van der Waals surface area contributed by atoms with Crippen LogP contribution in [0.1, 0.15) is 69.7 Å². The fourth-order valence-corrected chi connectivity index (χ4v) is 3.75. The van der Waals surface area contributed by atoms with E-state index < -0.39 is 0 Å². The molecule has 0 N–H and O–H groups in total. The maximum absolute atomic E-state index is 6.09. The molecule has 0 saturated heterocycles. The lowest BCUT2D eigenvalue weighted by molar-refractivity contribution is 0.287. The van der Waals surface area contributed by atoms with Crippen LogP contribution in [0.3, 0.4) is 0 Å². The van der Waals surface area contributed by atoms with Crippen LogP contribution in [0.2, 0.25) is 0 Å². The van der Waals surface area contributed by atoms with Crippen molar-refractivity contribution in [2.75, 3.05) is 0 Å². The molecule has 0 saturated carbocycles. The zero-order chi connectivity index (χ0) is 19.6. The van der Waals surface area contributed by atoms with Crippen molar-refractivity contribution in [3.05, 3.63) is 59.9 Å². The van der Waals surface area contributed by atoms with E-state index in [2.05, 4.69) is 48.7 Å². The fourth-order valence-electron chi connectivity index (χ4n) is 3.75. The second kappa shape index (κ2) is 10.9. The number of imidazole rings is 1. The minimum absolute atomic E-state index is 0.510. The lowest BCUT2D eigenvalue weighted by Gasteiger charge is -2.12. The van der Waals surface area contributed by atoms with E-state index in [1.807, 2.05) is 18.2 Å². The molecule has 3 aromatic rings. The highest BCUT2D eigenvalue weighted by Crippen LogP contribution is 2.21. The molecule has 150 valence electrons. The summed E-state index contributed by atoms with van der Waals surface area (Å²) in [5.41, 5.74) is 3.44. The van der Waals surface area contributed by atoms with Crippen molar-refractivity contribution in [1.29, 1.82) is 0 Å². The van der Waals surface area contributed by atoms with Gasteiger partial charge in [-0.2, -0.15) is 0 Å². The first-order valence-corrected chi connectivity index (χ1v) is 10.9. The third-order valence-corrected chi connectivity index (χ3v) is 5.42. The molecule has 0 aliphatic carbocycles. The predicted octanol–water partition coefficient (Wildman–Crippen LogP) is 7.06. The fraction of sp³-hybridized carbons (Fsp3) is 0.480. The van der Waals surface area contributed by atoms with Crippen LogP contribution in [0, 0.1) is 6.92 Å². The van der Waals surface area contributed by atoms with Gasteiger partial charge in [0.15, 0.2) is 0 Å². The Bertz CT molecular complexity index is 853. The topological polar surface area (TPSA) is 27.1 Å². The van der Waals surface area contributed by atoms with Crippen LogP contribution >= 0.6 is 0 Å². The molecule has 3 nitrogen and oxygen atoms in total. The van der Waals surface area contributed by atoms with E-state index in [1.165, 1.54) is 56.9 Å². The summed E-state index contributed by atoms with van der Waals surface area (Å²) in [5.74, 6) is 1.96. The van der Waals surface area contributed by atoms with Gasteiger partial charge in [-0.05, 0) is 37.1 Å². The molecule has 0 fully saturated rings. The summed E-state index contributed by atoms with van der Waals surface area (Å²) in [6, 6.07) is 16.6. The van der Waals surface area contributed by atoms with E-state index in [9.17, 15) is 0 Å². The van der Waals surface area contributed by atoms with Gasteiger partial charge >= 0.3 is 0 Å². The molecular formula is C25H34N2O. The Balaban J connectivity index is 1.59. The van der Waals surface area contributed by atoms with Crippen LogP contribution in [-0.2, 0) is 13.2 Å². The van der Waals surface area contributed by atoms with Gasteiger partial charge in [0.2, 0.25) is 0 Å². The number of benzene rings is 2. The van der Waals surface area contributed by atoms with Crippen LogP contribution in [0.25, 0.3) is 11.0 Å². The first kappa shape index (κ1) is 20.4. The summed E-state index contributed by atoms with van der Waals surface area (Å²) in [6.45, 7) is 5.88. The van der Waals surface area contributed by atoms with Gasteiger partial charge in [0.05, 0.1) is 11.0 Å². The summed E-state index contributed by atoms with van der Waals surface area (Å²) in [6.07, 6.45) is 10.7. The third kappa shape index (κ3) is 5.60. The minimum atomic E-state index is 0.510. The minimum Gasteiger partial charge on any atom is -0.485 e. The van der Waals surface area contributed by atoms with Gasteiger partial charge < -0.3 is 9.30 Å². The SMILES string of the molecule is CCCCCCCCCCn1c(COc2ccccc2C)nc2ccccc21. The molecule has 3 heteroatoms. The molecule has 28 heavy (non-hydrogen) atoms. The molecule has 0 spiro atoms. The molecule has 0 aliphatic heterocycles. The number of aryl methyl sites for hydroxylation is 2. The van der Waals surface area contributed by atoms with Crippen LogP contribution in [0.4, 0.5) is 0 Å². The summed E-state index contributed by atoms with van der Waals surface area (Å²) >= 11 is 0. The molecule has 0 bridgehead atoms. The molecular weight excluding hydrogens is 344 g/mol. The molecule has 0 aliphatic rings. The number of aromatic nitrogens is 2. The second-order valence-corrected chi connectivity index (χ2v) is 7.70. The van der Waals surface area contributed by atoms with Gasteiger partial charge in [-0.3, -0.25) is 0 Å². The van der Waals surface area contributed by atoms with E-state index >= 15 is 0 Å². The highest BCUT2D eigenvalue weighted by molar-refractivity contribution is 5.75.